The molecule has 1 aliphatic heterocycles. The van der Waals surface area contributed by atoms with Crippen LogP contribution in [0.1, 0.15) is 24.9 Å². The average molecular weight is 290 g/mol. The van der Waals surface area contributed by atoms with Gasteiger partial charge >= 0.3 is 6.36 Å². The first-order valence-corrected chi connectivity index (χ1v) is 6.34. The molecule has 0 aromatic heterocycles. The summed E-state index contributed by atoms with van der Waals surface area (Å²) in [6.07, 6.45) is -3.97. The Labute approximate surface area is 115 Å². The third-order valence-corrected chi connectivity index (χ3v) is 3.40. The molecule has 3 unspecified atom stereocenters. The number of ether oxygens (including phenoxy) is 2. The van der Waals surface area contributed by atoms with E-state index in [0.717, 1.165) is 6.42 Å². The number of hydrazine groups is 1. The average Bonchev–Trinajstić information content (AvgIpc) is 2.75. The van der Waals surface area contributed by atoms with Crippen LogP contribution < -0.4 is 16.0 Å². The zero-order valence-electron chi connectivity index (χ0n) is 11.0. The Bertz CT molecular complexity index is 453. The molecule has 0 aliphatic carbocycles. The van der Waals surface area contributed by atoms with Crippen molar-refractivity contribution in [3.8, 4) is 5.75 Å². The lowest BCUT2D eigenvalue weighted by atomic mass is 9.93. The van der Waals surface area contributed by atoms with E-state index in [9.17, 15) is 13.2 Å². The van der Waals surface area contributed by atoms with Crippen molar-refractivity contribution < 1.29 is 22.6 Å². The van der Waals surface area contributed by atoms with Gasteiger partial charge in [-0.2, -0.15) is 0 Å². The van der Waals surface area contributed by atoms with Crippen molar-refractivity contribution in [2.75, 3.05) is 6.61 Å². The molecule has 20 heavy (non-hydrogen) atoms. The predicted molar refractivity (Wildman–Crippen MR) is 66.7 cm³/mol. The van der Waals surface area contributed by atoms with Gasteiger partial charge in [0.1, 0.15) is 5.75 Å². The number of hydrogen-bond acceptors (Lipinski definition) is 4. The lowest BCUT2D eigenvalue weighted by molar-refractivity contribution is -0.274. The molecule has 2 rings (SSSR count). The lowest BCUT2D eigenvalue weighted by Crippen LogP contribution is -2.38. The molecule has 112 valence electrons. The molecule has 1 aromatic carbocycles. The highest BCUT2D eigenvalue weighted by molar-refractivity contribution is 5.31. The van der Waals surface area contributed by atoms with E-state index in [2.05, 4.69) is 10.2 Å². The van der Waals surface area contributed by atoms with E-state index in [1.165, 1.54) is 18.2 Å². The van der Waals surface area contributed by atoms with Crippen LogP contribution in [0.2, 0.25) is 0 Å². The minimum atomic E-state index is -4.71. The number of nitrogens with two attached hydrogens (primary N) is 1. The van der Waals surface area contributed by atoms with Crippen molar-refractivity contribution in [2.45, 2.75) is 31.9 Å². The van der Waals surface area contributed by atoms with Gasteiger partial charge in [-0.05, 0) is 30.0 Å². The van der Waals surface area contributed by atoms with Gasteiger partial charge in [0.25, 0.3) is 0 Å². The fourth-order valence-electron chi connectivity index (χ4n) is 2.43. The fraction of sp³-hybridized carbons (Fsp3) is 0.538. The summed E-state index contributed by atoms with van der Waals surface area (Å²) in [5, 5.41) is 0. The largest absolute Gasteiger partial charge is 0.573 e. The summed E-state index contributed by atoms with van der Waals surface area (Å²) in [4.78, 5) is 0. The van der Waals surface area contributed by atoms with Crippen LogP contribution in [0, 0.1) is 5.92 Å². The van der Waals surface area contributed by atoms with E-state index in [1.54, 1.807) is 6.07 Å². The Kier molecular flexibility index (Phi) is 4.52. The molecule has 3 atom stereocenters. The zero-order chi connectivity index (χ0) is 14.8. The second kappa shape index (κ2) is 5.99. The third kappa shape index (κ3) is 3.62. The quantitative estimate of drug-likeness (QED) is 0.661. The first-order chi connectivity index (χ1) is 9.40. The Morgan fingerprint density at radius 2 is 2.20 bits per heavy atom. The summed E-state index contributed by atoms with van der Waals surface area (Å²) in [5.41, 5.74) is 3.22. The minimum Gasteiger partial charge on any atom is -0.406 e. The molecule has 1 heterocycles. The summed E-state index contributed by atoms with van der Waals surface area (Å²) in [6.45, 7) is 2.65. The highest BCUT2D eigenvalue weighted by Crippen LogP contribution is 2.33. The second-order valence-corrected chi connectivity index (χ2v) is 4.87. The van der Waals surface area contributed by atoms with Gasteiger partial charge in [-0.25, -0.2) is 0 Å². The Balaban J connectivity index is 2.19. The zero-order valence-corrected chi connectivity index (χ0v) is 11.0. The molecule has 1 fully saturated rings. The molecule has 1 saturated heterocycles. The van der Waals surface area contributed by atoms with E-state index in [1.807, 2.05) is 6.92 Å². The molecular weight excluding hydrogens is 273 g/mol. The Morgan fingerprint density at radius 3 is 2.75 bits per heavy atom. The van der Waals surface area contributed by atoms with E-state index in [4.69, 9.17) is 10.6 Å². The predicted octanol–water partition coefficient (Wildman–Crippen LogP) is 2.51. The van der Waals surface area contributed by atoms with E-state index >= 15 is 0 Å². The van der Waals surface area contributed by atoms with Gasteiger partial charge in [-0.3, -0.25) is 11.3 Å². The van der Waals surface area contributed by atoms with Crippen molar-refractivity contribution in [3.63, 3.8) is 0 Å². The summed E-state index contributed by atoms with van der Waals surface area (Å²) < 4.78 is 46.2. The first-order valence-electron chi connectivity index (χ1n) is 6.34. The molecular formula is C13H17F3N2O2. The van der Waals surface area contributed by atoms with Crippen LogP contribution in [0.3, 0.4) is 0 Å². The van der Waals surface area contributed by atoms with Crippen LogP contribution in [-0.2, 0) is 4.74 Å². The van der Waals surface area contributed by atoms with E-state index in [-0.39, 0.29) is 23.8 Å². The molecule has 7 heteroatoms. The van der Waals surface area contributed by atoms with Crippen molar-refractivity contribution in [3.05, 3.63) is 29.8 Å². The van der Waals surface area contributed by atoms with Gasteiger partial charge in [0.15, 0.2) is 0 Å². The lowest BCUT2D eigenvalue weighted by Gasteiger charge is -2.26. The topological polar surface area (TPSA) is 56.5 Å². The molecule has 1 aromatic rings. The maximum Gasteiger partial charge on any atom is 0.573 e. The molecule has 1 aliphatic rings. The van der Waals surface area contributed by atoms with Crippen LogP contribution >= 0.6 is 0 Å². The highest BCUT2D eigenvalue weighted by Gasteiger charge is 2.34. The SMILES string of the molecule is CC1CCOC1C(NN)c1cccc(OC(F)(F)F)c1. The number of hydrogen-bond donors (Lipinski definition) is 2. The minimum absolute atomic E-state index is 0.166. The summed E-state index contributed by atoms with van der Waals surface area (Å²) >= 11 is 0. The first kappa shape index (κ1) is 15.1. The van der Waals surface area contributed by atoms with Gasteiger partial charge in [-0.15, -0.1) is 13.2 Å². The molecule has 0 bridgehead atoms. The van der Waals surface area contributed by atoms with Gasteiger partial charge in [-0.1, -0.05) is 19.1 Å². The number of alkyl halides is 3. The van der Waals surface area contributed by atoms with E-state index < -0.39 is 6.36 Å². The van der Waals surface area contributed by atoms with Gasteiger partial charge in [0.2, 0.25) is 0 Å². The Hall–Kier alpha value is -1.31. The maximum atomic E-state index is 12.2. The van der Waals surface area contributed by atoms with Crippen LogP contribution in [-0.4, -0.2) is 19.1 Å². The van der Waals surface area contributed by atoms with Crippen molar-refractivity contribution in [1.82, 2.24) is 5.43 Å². The molecule has 0 saturated carbocycles. The van der Waals surface area contributed by atoms with Crippen molar-refractivity contribution in [1.29, 1.82) is 0 Å². The normalized spacial score (nSPS) is 24.6. The van der Waals surface area contributed by atoms with Crippen LogP contribution in [0.4, 0.5) is 13.2 Å². The van der Waals surface area contributed by atoms with Gasteiger partial charge in [0, 0.05) is 6.61 Å². The van der Waals surface area contributed by atoms with Crippen molar-refractivity contribution in [2.24, 2.45) is 11.8 Å². The third-order valence-electron chi connectivity index (χ3n) is 3.40. The molecule has 4 nitrogen and oxygen atoms in total. The standard InChI is InChI=1S/C13H17F3N2O2/c1-8-5-6-19-12(8)11(18-17)9-3-2-4-10(7-9)20-13(14,15)16/h2-4,7-8,11-12,18H,5-6,17H2,1H3. The van der Waals surface area contributed by atoms with Crippen LogP contribution in [0.25, 0.3) is 0 Å². The van der Waals surface area contributed by atoms with Crippen LogP contribution in [0.15, 0.2) is 24.3 Å². The highest BCUT2D eigenvalue weighted by atomic mass is 19.4. The number of rotatable bonds is 4. The molecule has 0 spiro atoms. The van der Waals surface area contributed by atoms with E-state index in [0.29, 0.717) is 12.2 Å². The van der Waals surface area contributed by atoms with Gasteiger partial charge < -0.3 is 9.47 Å². The van der Waals surface area contributed by atoms with Crippen molar-refractivity contribution >= 4 is 0 Å². The van der Waals surface area contributed by atoms with Gasteiger partial charge in [0.05, 0.1) is 12.1 Å². The van der Waals surface area contributed by atoms with Crippen LogP contribution in [0.5, 0.6) is 5.75 Å². The number of halogens is 3. The fourth-order valence-corrected chi connectivity index (χ4v) is 2.43. The monoisotopic (exact) mass is 290 g/mol. The Morgan fingerprint density at radius 1 is 1.45 bits per heavy atom. The molecule has 0 radical (unpaired) electrons. The smallest absolute Gasteiger partial charge is 0.406 e. The molecule has 3 N–H and O–H groups in total. The number of benzene rings is 1. The molecule has 0 amide bonds. The second-order valence-electron chi connectivity index (χ2n) is 4.87. The maximum absolute atomic E-state index is 12.2. The summed E-state index contributed by atoms with van der Waals surface area (Å²) in [7, 11) is 0. The number of nitrogens with one attached hydrogen (secondary N) is 1. The summed E-state index contributed by atoms with van der Waals surface area (Å²) in [5.74, 6) is 5.55. The summed E-state index contributed by atoms with van der Waals surface area (Å²) in [6, 6.07) is 5.41.